The molecule has 2 aliphatic rings. The molecular formula is C21H33N3O2. The second kappa shape index (κ2) is 8.98. The Labute approximate surface area is 157 Å². The monoisotopic (exact) mass is 359 g/mol. The molecule has 1 amide bonds. The fourth-order valence-electron chi connectivity index (χ4n) is 3.88. The molecule has 0 saturated carbocycles. The second-order valence-electron chi connectivity index (χ2n) is 8.09. The molecule has 2 fully saturated rings. The molecule has 5 nitrogen and oxygen atoms in total. The Hall–Kier alpha value is -1.43. The highest BCUT2D eigenvalue weighted by Gasteiger charge is 2.28. The molecule has 0 aliphatic carbocycles. The molecule has 26 heavy (non-hydrogen) atoms. The zero-order valence-corrected chi connectivity index (χ0v) is 16.3. The Balaban J connectivity index is 1.60. The van der Waals surface area contributed by atoms with Gasteiger partial charge in [0.15, 0.2) is 0 Å². The van der Waals surface area contributed by atoms with Gasteiger partial charge in [-0.25, -0.2) is 0 Å². The topological polar surface area (TPSA) is 44.8 Å². The van der Waals surface area contributed by atoms with Crippen LogP contribution in [0.2, 0.25) is 0 Å². The van der Waals surface area contributed by atoms with Crippen LogP contribution in [0.1, 0.15) is 49.0 Å². The third kappa shape index (κ3) is 5.06. The summed E-state index contributed by atoms with van der Waals surface area (Å²) < 4.78 is 5.42. The number of nitrogens with zero attached hydrogens (tertiary/aromatic N) is 2. The number of hydrogen-bond donors (Lipinski definition) is 1. The van der Waals surface area contributed by atoms with E-state index in [2.05, 4.69) is 35.0 Å². The van der Waals surface area contributed by atoms with Crippen LogP contribution in [0.4, 0.5) is 0 Å². The van der Waals surface area contributed by atoms with Gasteiger partial charge in [0, 0.05) is 37.3 Å². The average molecular weight is 360 g/mol. The predicted octanol–water partition coefficient (Wildman–Crippen LogP) is 2.51. The number of benzene rings is 1. The quantitative estimate of drug-likeness (QED) is 0.848. The maximum Gasteiger partial charge on any atom is 0.251 e. The highest BCUT2D eigenvalue weighted by molar-refractivity contribution is 5.95. The van der Waals surface area contributed by atoms with Gasteiger partial charge in [-0.3, -0.25) is 14.6 Å². The summed E-state index contributed by atoms with van der Waals surface area (Å²) in [5.74, 6) is 0.0407. The number of rotatable bonds is 6. The van der Waals surface area contributed by atoms with E-state index in [0.29, 0.717) is 6.54 Å². The van der Waals surface area contributed by atoms with E-state index in [-0.39, 0.29) is 11.4 Å². The fourth-order valence-corrected chi connectivity index (χ4v) is 3.88. The van der Waals surface area contributed by atoms with Gasteiger partial charge in [0.2, 0.25) is 0 Å². The van der Waals surface area contributed by atoms with Crippen LogP contribution in [0, 0.1) is 0 Å². The zero-order valence-electron chi connectivity index (χ0n) is 16.3. The minimum Gasteiger partial charge on any atom is -0.379 e. The first kappa shape index (κ1) is 19.3. The van der Waals surface area contributed by atoms with Crippen molar-refractivity contribution in [2.75, 3.05) is 45.9 Å². The highest BCUT2D eigenvalue weighted by atomic mass is 16.5. The minimum absolute atomic E-state index is 0.00473. The van der Waals surface area contributed by atoms with Crippen LogP contribution in [-0.4, -0.2) is 67.2 Å². The molecule has 0 bridgehead atoms. The van der Waals surface area contributed by atoms with Crippen molar-refractivity contribution < 1.29 is 9.53 Å². The van der Waals surface area contributed by atoms with Crippen LogP contribution < -0.4 is 5.32 Å². The first-order valence-corrected chi connectivity index (χ1v) is 9.97. The van der Waals surface area contributed by atoms with Crippen molar-refractivity contribution in [1.29, 1.82) is 0 Å². The summed E-state index contributed by atoms with van der Waals surface area (Å²) in [6.07, 6.45) is 3.85. The summed E-state index contributed by atoms with van der Waals surface area (Å²) in [5.41, 5.74) is 1.89. The van der Waals surface area contributed by atoms with Crippen molar-refractivity contribution in [3.63, 3.8) is 0 Å². The van der Waals surface area contributed by atoms with Gasteiger partial charge in [0.25, 0.3) is 5.91 Å². The van der Waals surface area contributed by atoms with Crippen molar-refractivity contribution in [1.82, 2.24) is 15.1 Å². The number of hydrogen-bond acceptors (Lipinski definition) is 4. The first-order valence-electron chi connectivity index (χ1n) is 9.97. The van der Waals surface area contributed by atoms with E-state index in [9.17, 15) is 4.79 Å². The van der Waals surface area contributed by atoms with Crippen molar-refractivity contribution in [2.45, 2.75) is 45.2 Å². The molecule has 1 aromatic carbocycles. The molecule has 2 saturated heterocycles. The summed E-state index contributed by atoms with van der Waals surface area (Å²) in [7, 11) is 0. The highest BCUT2D eigenvalue weighted by Crippen LogP contribution is 2.20. The lowest BCUT2D eigenvalue weighted by atomic mass is 9.98. The molecule has 0 atom stereocenters. The Bertz CT molecular complexity index is 591. The van der Waals surface area contributed by atoms with E-state index in [4.69, 9.17) is 4.74 Å². The Morgan fingerprint density at radius 2 is 1.77 bits per heavy atom. The summed E-state index contributed by atoms with van der Waals surface area (Å²) in [6, 6.07) is 7.98. The van der Waals surface area contributed by atoms with E-state index in [0.717, 1.165) is 57.1 Å². The molecule has 1 aromatic rings. The third-order valence-electron chi connectivity index (χ3n) is 5.65. The van der Waals surface area contributed by atoms with Crippen molar-refractivity contribution in [3.05, 3.63) is 35.4 Å². The lowest BCUT2D eigenvalue weighted by Crippen LogP contribution is -2.53. The number of carbonyl (C=O) groups excluding carboxylic acids is 1. The van der Waals surface area contributed by atoms with Crippen molar-refractivity contribution >= 4 is 5.91 Å². The van der Waals surface area contributed by atoms with Crippen molar-refractivity contribution in [2.24, 2.45) is 0 Å². The summed E-state index contributed by atoms with van der Waals surface area (Å²) in [5, 5.41) is 3.19. The number of likely N-dealkylation sites (tertiary alicyclic amines) is 1. The van der Waals surface area contributed by atoms with Gasteiger partial charge in [0.05, 0.1) is 13.2 Å². The molecule has 0 spiro atoms. The molecule has 0 aromatic heterocycles. The molecule has 0 unspecified atom stereocenters. The maximum atomic E-state index is 12.9. The molecule has 144 valence electrons. The van der Waals surface area contributed by atoms with Crippen LogP contribution in [0.3, 0.4) is 0 Å². The maximum absolute atomic E-state index is 12.9. The van der Waals surface area contributed by atoms with Crippen LogP contribution in [0.15, 0.2) is 24.3 Å². The Morgan fingerprint density at radius 1 is 1.08 bits per heavy atom. The van der Waals surface area contributed by atoms with E-state index in [1.807, 2.05) is 18.2 Å². The van der Waals surface area contributed by atoms with E-state index >= 15 is 0 Å². The molecule has 0 radical (unpaired) electrons. The first-order chi connectivity index (χ1) is 12.6. The summed E-state index contributed by atoms with van der Waals surface area (Å²) in [4.78, 5) is 17.7. The zero-order chi connectivity index (χ0) is 18.4. The Kier molecular flexibility index (Phi) is 6.68. The largest absolute Gasteiger partial charge is 0.379 e. The molecule has 3 rings (SSSR count). The number of carbonyl (C=O) groups is 1. The number of nitrogens with one attached hydrogen (secondary N) is 1. The molecule has 2 aliphatic heterocycles. The summed E-state index contributed by atoms with van der Waals surface area (Å²) in [6.45, 7) is 11.6. The van der Waals surface area contributed by atoms with Crippen LogP contribution >= 0.6 is 0 Å². The molecular weight excluding hydrogens is 326 g/mol. The molecule has 5 heteroatoms. The van der Waals surface area contributed by atoms with Gasteiger partial charge >= 0.3 is 0 Å². The predicted molar refractivity (Wildman–Crippen MR) is 104 cm³/mol. The Morgan fingerprint density at radius 3 is 2.50 bits per heavy atom. The number of amides is 1. The van der Waals surface area contributed by atoms with Crippen LogP contribution in [0.5, 0.6) is 0 Å². The van der Waals surface area contributed by atoms with Gasteiger partial charge in [-0.05, 0) is 51.4 Å². The number of piperidine rings is 1. The lowest BCUT2D eigenvalue weighted by Gasteiger charge is -2.41. The lowest BCUT2D eigenvalue weighted by molar-refractivity contribution is 0.0340. The standard InChI is InChI=1S/C21H33N3O2/c1-21(2,24-10-6-3-7-11-24)17-22-20(25)19-9-5-4-8-18(19)16-23-12-14-26-15-13-23/h4-5,8-9H,3,6-7,10-17H2,1-2H3,(H,22,25). The number of morpholine rings is 1. The average Bonchev–Trinajstić information content (AvgIpc) is 2.68. The molecule has 2 heterocycles. The minimum atomic E-state index is -0.00473. The third-order valence-corrected chi connectivity index (χ3v) is 5.65. The fraction of sp³-hybridized carbons (Fsp3) is 0.667. The van der Waals surface area contributed by atoms with Gasteiger partial charge < -0.3 is 10.1 Å². The van der Waals surface area contributed by atoms with Gasteiger partial charge in [-0.1, -0.05) is 24.6 Å². The van der Waals surface area contributed by atoms with Crippen LogP contribution in [0.25, 0.3) is 0 Å². The van der Waals surface area contributed by atoms with Gasteiger partial charge in [-0.15, -0.1) is 0 Å². The van der Waals surface area contributed by atoms with E-state index in [1.165, 1.54) is 19.3 Å². The number of ether oxygens (including phenoxy) is 1. The SMILES string of the molecule is CC(C)(CNC(=O)c1ccccc1CN1CCOCC1)N1CCCCC1. The smallest absolute Gasteiger partial charge is 0.251 e. The normalized spacial score (nSPS) is 20.1. The van der Waals surface area contributed by atoms with Crippen molar-refractivity contribution in [3.8, 4) is 0 Å². The van der Waals surface area contributed by atoms with Gasteiger partial charge in [-0.2, -0.15) is 0 Å². The van der Waals surface area contributed by atoms with E-state index in [1.54, 1.807) is 0 Å². The van der Waals surface area contributed by atoms with Crippen LogP contribution in [-0.2, 0) is 11.3 Å². The molecule has 1 N–H and O–H groups in total. The second-order valence-corrected chi connectivity index (χ2v) is 8.09. The van der Waals surface area contributed by atoms with E-state index < -0.39 is 0 Å². The summed E-state index contributed by atoms with van der Waals surface area (Å²) >= 11 is 0. The van der Waals surface area contributed by atoms with Gasteiger partial charge in [0.1, 0.15) is 0 Å².